The van der Waals surface area contributed by atoms with Gasteiger partial charge >= 0.3 is 5.97 Å². The number of aromatic nitrogens is 2. The number of fused-ring (bicyclic) bond motifs is 1. The maximum Gasteiger partial charge on any atom is 0.354 e. The minimum Gasteiger partial charge on any atom is -0.476 e. The van der Waals surface area contributed by atoms with Crippen LogP contribution in [0.3, 0.4) is 0 Å². The van der Waals surface area contributed by atoms with Gasteiger partial charge in [0.1, 0.15) is 0 Å². The molecule has 3 rings (SSSR count). The van der Waals surface area contributed by atoms with E-state index in [9.17, 15) is 9.90 Å². The van der Waals surface area contributed by atoms with Crippen LogP contribution in [0.4, 0.5) is 0 Å². The van der Waals surface area contributed by atoms with Crippen molar-refractivity contribution in [3.05, 3.63) is 46.8 Å². The summed E-state index contributed by atoms with van der Waals surface area (Å²) in [5.74, 6) is -0.510. The second kappa shape index (κ2) is 5.02. The Morgan fingerprint density at radius 1 is 1.25 bits per heavy atom. The molecule has 0 unspecified atom stereocenters. The largest absolute Gasteiger partial charge is 0.476 e. The summed E-state index contributed by atoms with van der Waals surface area (Å²) in [6, 6.07) is 7.79. The SMILES string of the molecule is Cc1ccc(-c2nc3c(c(C(=O)O)n2)CNCC3)cc1. The van der Waals surface area contributed by atoms with Crippen molar-refractivity contribution in [2.45, 2.75) is 19.9 Å². The minimum atomic E-state index is -0.999. The summed E-state index contributed by atoms with van der Waals surface area (Å²) in [7, 11) is 0. The second-order valence-corrected chi connectivity index (χ2v) is 4.92. The Morgan fingerprint density at radius 2 is 2.00 bits per heavy atom. The molecule has 2 heterocycles. The lowest BCUT2D eigenvalue weighted by Crippen LogP contribution is -2.28. The molecule has 1 aliphatic rings. The molecule has 5 heteroatoms. The van der Waals surface area contributed by atoms with E-state index < -0.39 is 5.97 Å². The standard InChI is InChI=1S/C15H15N3O2/c1-9-2-4-10(5-3-9)14-17-12-6-7-16-8-11(12)13(18-14)15(19)20/h2-5,16H,6-8H2,1H3,(H,19,20). The maximum atomic E-state index is 11.4. The Balaban J connectivity index is 2.14. The van der Waals surface area contributed by atoms with Crippen LogP contribution in [0.2, 0.25) is 0 Å². The summed E-state index contributed by atoms with van der Waals surface area (Å²) in [5.41, 5.74) is 3.65. The van der Waals surface area contributed by atoms with Crippen molar-refractivity contribution < 1.29 is 9.90 Å². The second-order valence-electron chi connectivity index (χ2n) is 4.92. The Hall–Kier alpha value is -2.27. The summed E-state index contributed by atoms with van der Waals surface area (Å²) in [6.07, 6.45) is 0.733. The fraction of sp³-hybridized carbons (Fsp3) is 0.267. The zero-order chi connectivity index (χ0) is 14.1. The lowest BCUT2D eigenvalue weighted by atomic mass is 10.0. The lowest BCUT2D eigenvalue weighted by molar-refractivity contribution is 0.0688. The molecule has 1 aromatic carbocycles. The van der Waals surface area contributed by atoms with E-state index in [2.05, 4.69) is 15.3 Å². The van der Waals surface area contributed by atoms with Gasteiger partial charge in [-0.05, 0) is 6.92 Å². The van der Waals surface area contributed by atoms with Crippen LogP contribution < -0.4 is 5.32 Å². The molecule has 2 aromatic rings. The van der Waals surface area contributed by atoms with Gasteiger partial charge in [-0.2, -0.15) is 0 Å². The monoisotopic (exact) mass is 269 g/mol. The normalized spacial score (nSPS) is 13.8. The third-order valence-corrected chi connectivity index (χ3v) is 3.45. The van der Waals surface area contributed by atoms with Crippen LogP contribution in [0, 0.1) is 6.92 Å². The van der Waals surface area contributed by atoms with E-state index >= 15 is 0 Å². The first-order valence-corrected chi connectivity index (χ1v) is 6.56. The van der Waals surface area contributed by atoms with Gasteiger partial charge < -0.3 is 10.4 Å². The fourth-order valence-electron chi connectivity index (χ4n) is 2.35. The van der Waals surface area contributed by atoms with Gasteiger partial charge in [0.25, 0.3) is 0 Å². The van der Waals surface area contributed by atoms with E-state index in [-0.39, 0.29) is 5.69 Å². The number of benzene rings is 1. The van der Waals surface area contributed by atoms with Crippen LogP contribution in [0.5, 0.6) is 0 Å². The van der Waals surface area contributed by atoms with Crippen LogP contribution in [-0.4, -0.2) is 27.6 Å². The molecule has 0 amide bonds. The highest BCUT2D eigenvalue weighted by Crippen LogP contribution is 2.22. The van der Waals surface area contributed by atoms with Gasteiger partial charge in [-0.1, -0.05) is 29.8 Å². The summed E-state index contributed by atoms with van der Waals surface area (Å²) >= 11 is 0. The van der Waals surface area contributed by atoms with Gasteiger partial charge in [0.2, 0.25) is 0 Å². The summed E-state index contributed by atoms with van der Waals surface area (Å²) in [4.78, 5) is 20.2. The zero-order valence-corrected chi connectivity index (χ0v) is 11.2. The van der Waals surface area contributed by atoms with Crippen molar-refractivity contribution in [1.82, 2.24) is 15.3 Å². The van der Waals surface area contributed by atoms with E-state index in [0.717, 1.165) is 29.8 Å². The predicted octanol–water partition coefficient (Wildman–Crippen LogP) is 1.80. The van der Waals surface area contributed by atoms with Gasteiger partial charge in [-0.25, -0.2) is 14.8 Å². The lowest BCUT2D eigenvalue weighted by Gasteiger charge is -2.18. The molecule has 0 bridgehead atoms. The van der Waals surface area contributed by atoms with Crippen LogP contribution in [0.25, 0.3) is 11.4 Å². The summed E-state index contributed by atoms with van der Waals surface area (Å²) < 4.78 is 0. The molecule has 0 aliphatic carbocycles. The van der Waals surface area contributed by atoms with Crippen molar-refractivity contribution in [2.24, 2.45) is 0 Å². The van der Waals surface area contributed by atoms with Gasteiger partial charge in [-0.3, -0.25) is 0 Å². The van der Waals surface area contributed by atoms with Crippen LogP contribution >= 0.6 is 0 Å². The van der Waals surface area contributed by atoms with Gasteiger partial charge in [0.05, 0.1) is 5.69 Å². The number of nitrogens with zero attached hydrogens (tertiary/aromatic N) is 2. The Kier molecular flexibility index (Phi) is 3.20. The van der Waals surface area contributed by atoms with Crippen LogP contribution in [-0.2, 0) is 13.0 Å². The van der Waals surface area contributed by atoms with Crippen molar-refractivity contribution in [3.63, 3.8) is 0 Å². The van der Waals surface area contributed by atoms with Crippen LogP contribution in [0.15, 0.2) is 24.3 Å². The molecule has 0 fully saturated rings. The number of hydrogen-bond acceptors (Lipinski definition) is 4. The Labute approximate surface area is 116 Å². The maximum absolute atomic E-state index is 11.4. The number of carboxylic acids is 1. The highest BCUT2D eigenvalue weighted by molar-refractivity contribution is 5.88. The molecular formula is C15H15N3O2. The number of hydrogen-bond donors (Lipinski definition) is 2. The number of aryl methyl sites for hydroxylation is 1. The van der Waals surface area contributed by atoms with E-state index in [1.54, 1.807) is 0 Å². The number of carboxylic acid groups (broad SMARTS) is 1. The number of rotatable bonds is 2. The summed E-state index contributed by atoms with van der Waals surface area (Å²) in [5, 5.41) is 12.5. The average Bonchev–Trinajstić information content (AvgIpc) is 2.46. The molecular weight excluding hydrogens is 254 g/mol. The van der Waals surface area contributed by atoms with E-state index in [1.807, 2.05) is 31.2 Å². The van der Waals surface area contributed by atoms with Crippen LogP contribution in [0.1, 0.15) is 27.3 Å². The quantitative estimate of drug-likeness (QED) is 0.869. The highest BCUT2D eigenvalue weighted by Gasteiger charge is 2.21. The molecule has 2 N–H and O–H groups in total. The van der Waals surface area contributed by atoms with Gasteiger partial charge in [0.15, 0.2) is 11.5 Å². The zero-order valence-electron chi connectivity index (χ0n) is 11.2. The van der Waals surface area contributed by atoms with E-state index in [0.29, 0.717) is 17.9 Å². The molecule has 0 spiro atoms. The predicted molar refractivity (Wildman–Crippen MR) is 74.6 cm³/mol. The molecule has 0 atom stereocenters. The molecule has 102 valence electrons. The Bertz CT molecular complexity index is 666. The molecule has 1 aliphatic heterocycles. The first-order chi connectivity index (χ1) is 9.65. The van der Waals surface area contributed by atoms with Crippen molar-refractivity contribution in [2.75, 3.05) is 6.54 Å². The van der Waals surface area contributed by atoms with E-state index in [4.69, 9.17) is 0 Å². The first-order valence-electron chi connectivity index (χ1n) is 6.56. The van der Waals surface area contributed by atoms with Crippen molar-refractivity contribution >= 4 is 5.97 Å². The van der Waals surface area contributed by atoms with Crippen molar-refractivity contribution in [1.29, 1.82) is 0 Å². The number of carbonyl (C=O) groups is 1. The third kappa shape index (κ3) is 2.28. The third-order valence-electron chi connectivity index (χ3n) is 3.45. The first kappa shape index (κ1) is 12.7. The molecule has 5 nitrogen and oxygen atoms in total. The number of aromatic carboxylic acids is 1. The molecule has 1 aromatic heterocycles. The highest BCUT2D eigenvalue weighted by atomic mass is 16.4. The number of nitrogens with one attached hydrogen (secondary N) is 1. The fourth-order valence-corrected chi connectivity index (χ4v) is 2.35. The van der Waals surface area contributed by atoms with Gasteiger partial charge in [-0.15, -0.1) is 0 Å². The Morgan fingerprint density at radius 3 is 2.70 bits per heavy atom. The average molecular weight is 269 g/mol. The molecule has 20 heavy (non-hydrogen) atoms. The van der Waals surface area contributed by atoms with Crippen molar-refractivity contribution in [3.8, 4) is 11.4 Å². The topological polar surface area (TPSA) is 75.1 Å². The summed E-state index contributed by atoms with van der Waals surface area (Å²) in [6.45, 7) is 3.34. The van der Waals surface area contributed by atoms with E-state index in [1.165, 1.54) is 0 Å². The molecule has 0 radical (unpaired) electrons. The minimum absolute atomic E-state index is 0.109. The smallest absolute Gasteiger partial charge is 0.354 e. The molecule has 0 saturated heterocycles. The van der Waals surface area contributed by atoms with Gasteiger partial charge in [0, 0.05) is 30.6 Å². The molecule has 0 saturated carbocycles.